The van der Waals surface area contributed by atoms with E-state index in [0.29, 0.717) is 29.7 Å². The molecule has 4 aliphatic rings. The number of carbonyl (C=O) groups is 3. The third-order valence-corrected chi connectivity index (χ3v) is 9.24. The normalized spacial score (nSPS) is 26.3. The van der Waals surface area contributed by atoms with Crippen molar-refractivity contribution in [2.75, 3.05) is 6.61 Å². The topological polar surface area (TPSA) is 88.3 Å². The second-order valence-corrected chi connectivity index (χ2v) is 11.9. The SMILES string of the molecule is CCc1ccc(C(=O)COC(=O)C(Cc2c[nH]c3ccccc23)NC(=O)C23CC4CC(CC(C4)C2)C3)cc1. The van der Waals surface area contributed by atoms with Crippen molar-refractivity contribution >= 4 is 28.6 Å². The van der Waals surface area contributed by atoms with Crippen LogP contribution in [0.1, 0.15) is 66.9 Å². The Morgan fingerprint density at radius 3 is 2.29 bits per heavy atom. The number of Topliss-reactive ketones (excluding diaryl/α,β-unsaturated/α-hetero) is 1. The zero-order chi connectivity index (χ0) is 26.3. The van der Waals surface area contributed by atoms with Crippen LogP contribution in [0, 0.1) is 23.2 Å². The maximum atomic E-state index is 13.8. The molecule has 1 unspecified atom stereocenters. The molecule has 3 aromatic rings. The average molecular weight is 513 g/mol. The fourth-order valence-electron chi connectivity index (χ4n) is 7.66. The van der Waals surface area contributed by atoms with Crippen LogP contribution < -0.4 is 5.32 Å². The minimum absolute atomic E-state index is 0.0140. The number of hydrogen-bond acceptors (Lipinski definition) is 4. The lowest BCUT2D eigenvalue weighted by atomic mass is 9.49. The molecule has 7 rings (SSSR count). The number of ether oxygens (including phenoxy) is 1. The summed E-state index contributed by atoms with van der Waals surface area (Å²) in [7, 11) is 0. The lowest BCUT2D eigenvalue weighted by Crippen LogP contribution is -2.56. The van der Waals surface area contributed by atoms with Gasteiger partial charge in [-0.1, -0.05) is 49.4 Å². The maximum Gasteiger partial charge on any atom is 0.329 e. The van der Waals surface area contributed by atoms with E-state index in [1.807, 2.05) is 42.6 Å². The van der Waals surface area contributed by atoms with Gasteiger partial charge in [-0.3, -0.25) is 9.59 Å². The number of amides is 1. The fraction of sp³-hybridized carbons (Fsp3) is 0.469. The molecule has 4 fully saturated rings. The molecule has 0 spiro atoms. The Kier molecular flexibility index (Phi) is 6.58. The van der Waals surface area contributed by atoms with Crippen LogP contribution in [0.2, 0.25) is 0 Å². The first-order chi connectivity index (χ1) is 18.4. The molecule has 2 aromatic carbocycles. The highest BCUT2D eigenvalue weighted by Gasteiger charge is 2.55. The van der Waals surface area contributed by atoms with E-state index in [4.69, 9.17) is 4.74 Å². The summed E-state index contributed by atoms with van der Waals surface area (Å²) in [6, 6.07) is 14.4. The van der Waals surface area contributed by atoms with Crippen molar-refractivity contribution in [2.45, 2.75) is 64.3 Å². The molecule has 4 aliphatic carbocycles. The van der Waals surface area contributed by atoms with Crippen molar-refractivity contribution in [3.63, 3.8) is 0 Å². The molecule has 2 N–H and O–H groups in total. The first-order valence-electron chi connectivity index (χ1n) is 14.1. The van der Waals surface area contributed by atoms with Crippen LogP contribution in [-0.4, -0.2) is 35.3 Å². The van der Waals surface area contributed by atoms with Crippen LogP contribution in [0.25, 0.3) is 10.9 Å². The average Bonchev–Trinajstić information content (AvgIpc) is 3.33. The predicted octanol–water partition coefficient (Wildman–Crippen LogP) is 5.40. The number of fused-ring (bicyclic) bond motifs is 1. The number of nitrogens with one attached hydrogen (secondary N) is 2. The maximum absolute atomic E-state index is 13.8. The van der Waals surface area contributed by atoms with Gasteiger partial charge in [0.05, 0.1) is 0 Å². The molecule has 1 heterocycles. The second kappa shape index (κ2) is 10.0. The van der Waals surface area contributed by atoms with Crippen molar-refractivity contribution in [3.05, 3.63) is 71.4 Å². The van der Waals surface area contributed by atoms with Crippen molar-refractivity contribution in [3.8, 4) is 0 Å². The van der Waals surface area contributed by atoms with Gasteiger partial charge in [0, 0.05) is 34.5 Å². The van der Waals surface area contributed by atoms with E-state index in [0.717, 1.165) is 47.7 Å². The van der Waals surface area contributed by atoms with Crippen LogP contribution in [0.5, 0.6) is 0 Å². The molecular weight excluding hydrogens is 476 g/mol. The lowest BCUT2D eigenvalue weighted by Gasteiger charge is -2.55. The van der Waals surface area contributed by atoms with E-state index in [1.54, 1.807) is 12.1 Å². The van der Waals surface area contributed by atoms with Gasteiger partial charge in [0.25, 0.3) is 0 Å². The van der Waals surface area contributed by atoms with E-state index in [-0.39, 0.29) is 23.7 Å². The van der Waals surface area contributed by atoms with Crippen LogP contribution in [0.4, 0.5) is 0 Å². The number of hydrogen-bond donors (Lipinski definition) is 2. The minimum Gasteiger partial charge on any atom is -0.456 e. The van der Waals surface area contributed by atoms with Crippen LogP contribution in [0.15, 0.2) is 54.7 Å². The van der Waals surface area contributed by atoms with Crippen molar-refractivity contribution in [2.24, 2.45) is 23.2 Å². The molecule has 6 heteroatoms. The molecule has 1 amide bonds. The molecule has 1 aromatic heterocycles. The monoisotopic (exact) mass is 512 g/mol. The quantitative estimate of drug-likeness (QED) is 0.297. The molecule has 38 heavy (non-hydrogen) atoms. The molecular formula is C32H36N2O4. The number of ketones is 1. The number of carbonyl (C=O) groups excluding carboxylic acids is 3. The van der Waals surface area contributed by atoms with E-state index in [1.165, 1.54) is 19.3 Å². The van der Waals surface area contributed by atoms with Crippen LogP contribution in [0.3, 0.4) is 0 Å². The summed E-state index contributed by atoms with van der Waals surface area (Å²) in [5.41, 5.74) is 3.21. The summed E-state index contributed by atoms with van der Waals surface area (Å²) < 4.78 is 5.54. The number of aromatic nitrogens is 1. The van der Waals surface area contributed by atoms with Gasteiger partial charge in [0.1, 0.15) is 6.04 Å². The largest absolute Gasteiger partial charge is 0.456 e. The molecule has 4 bridgehead atoms. The molecule has 1 atom stereocenters. The predicted molar refractivity (Wildman–Crippen MR) is 146 cm³/mol. The summed E-state index contributed by atoms with van der Waals surface area (Å²) in [4.78, 5) is 43.2. The fourth-order valence-corrected chi connectivity index (χ4v) is 7.66. The van der Waals surface area contributed by atoms with Gasteiger partial charge in [0.2, 0.25) is 5.91 Å². The number of rotatable bonds is 9. The van der Waals surface area contributed by atoms with Crippen molar-refractivity contribution < 1.29 is 19.1 Å². The number of H-pyrrole nitrogens is 1. The zero-order valence-corrected chi connectivity index (χ0v) is 22.0. The lowest BCUT2D eigenvalue weighted by molar-refractivity contribution is -0.153. The Labute approximate surface area is 223 Å². The van der Waals surface area contributed by atoms with Gasteiger partial charge < -0.3 is 15.0 Å². The Morgan fingerprint density at radius 2 is 1.63 bits per heavy atom. The minimum atomic E-state index is -0.857. The summed E-state index contributed by atoms with van der Waals surface area (Å²) in [5.74, 6) is 1.05. The molecule has 0 aliphatic heterocycles. The highest BCUT2D eigenvalue weighted by atomic mass is 16.5. The summed E-state index contributed by atoms with van der Waals surface area (Å²) >= 11 is 0. The number of aryl methyl sites for hydroxylation is 1. The number of aromatic amines is 1. The first-order valence-corrected chi connectivity index (χ1v) is 14.1. The summed E-state index contributed by atoms with van der Waals surface area (Å²) in [6.45, 7) is 1.71. The van der Waals surface area contributed by atoms with E-state index in [9.17, 15) is 14.4 Å². The first kappa shape index (κ1) is 24.9. The second-order valence-electron chi connectivity index (χ2n) is 11.9. The smallest absolute Gasteiger partial charge is 0.329 e. The summed E-state index contributed by atoms with van der Waals surface area (Å²) in [6.07, 6.45) is 9.59. The van der Waals surface area contributed by atoms with E-state index in [2.05, 4.69) is 17.2 Å². The highest BCUT2D eigenvalue weighted by molar-refractivity contribution is 5.98. The van der Waals surface area contributed by atoms with Gasteiger partial charge in [-0.15, -0.1) is 0 Å². The number of benzene rings is 2. The number of para-hydroxylation sites is 1. The molecule has 4 saturated carbocycles. The van der Waals surface area contributed by atoms with Crippen LogP contribution >= 0.6 is 0 Å². The standard InChI is InChI=1S/C32H36N2O4/c1-2-20-7-9-24(10-8-20)29(35)19-38-30(36)28(14-25-18-33-27-6-4-3-5-26(25)27)34-31(37)32-15-21-11-22(16-32)13-23(12-21)17-32/h3-10,18,21-23,28,33H,2,11-17,19H2,1H3,(H,34,37). The Bertz CT molecular complexity index is 1320. The number of esters is 1. The summed E-state index contributed by atoms with van der Waals surface area (Å²) in [5, 5.41) is 4.13. The van der Waals surface area contributed by atoms with Crippen molar-refractivity contribution in [1.82, 2.24) is 10.3 Å². The van der Waals surface area contributed by atoms with Crippen molar-refractivity contribution in [1.29, 1.82) is 0 Å². The molecule has 0 saturated heterocycles. The van der Waals surface area contributed by atoms with Gasteiger partial charge in [-0.25, -0.2) is 4.79 Å². The third-order valence-electron chi connectivity index (χ3n) is 9.24. The van der Waals surface area contributed by atoms with Gasteiger partial charge in [0.15, 0.2) is 12.4 Å². The third kappa shape index (κ3) is 4.77. The zero-order valence-electron chi connectivity index (χ0n) is 22.0. The van der Waals surface area contributed by atoms with E-state index < -0.39 is 12.0 Å². The van der Waals surface area contributed by atoms with Gasteiger partial charge in [-0.2, -0.15) is 0 Å². The molecule has 198 valence electrons. The highest BCUT2D eigenvalue weighted by Crippen LogP contribution is 2.60. The van der Waals surface area contributed by atoms with Crippen LogP contribution in [-0.2, 0) is 27.2 Å². The molecule has 0 radical (unpaired) electrons. The Balaban J connectivity index is 1.19. The van der Waals surface area contributed by atoms with Gasteiger partial charge >= 0.3 is 5.97 Å². The van der Waals surface area contributed by atoms with E-state index >= 15 is 0 Å². The Morgan fingerprint density at radius 1 is 0.974 bits per heavy atom. The van der Waals surface area contributed by atoms with Gasteiger partial charge in [-0.05, 0) is 79.9 Å². The molecule has 6 nitrogen and oxygen atoms in total. The Hall–Kier alpha value is -3.41.